The van der Waals surface area contributed by atoms with Crippen LogP contribution in [-0.4, -0.2) is 51.3 Å². The maximum atomic E-state index is 11.7. The highest BCUT2D eigenvalue weighted by Crippen LogP contribution is 2.28. The van der Waals surface area contributed by atoms with Crippen LogP contribution in [0.4, 0.5) is 5.69 Å². The number of nitrogens with zero attached hydrogens (tertiary/aromatic N) is 2. The van der Waals surface area contributed by atoms with Gasteiger partial charge in [-0.1, -0.05) is 12.1 Å². The number of anilines is 1. The quantitative estimate of drug-likeness (QED) is 0.778. The van der Waals surface area contributed by atoms with E-state index in [0.29, 0.717) is 12.3 Å². The summed E-state index contributed by atoms with van der Waals surface area (Å²) in [5.74, 6) is 1.57. The topological polar surface area (TPSA) is 55.2 Å². The van der Waals surface area contributed by atoms with E-state index in [0.717, 1.165) is 48.9 Å². The molecule has 1 aliphatic heterocycles. The number of benzene rings is 1. The maximum Gasteiger partial charge on any atom is 0.374 e. The first-order valence-electron chi connectivity index (χ1n) is 8.40. The summed E-state index contributed by atoms with van der Waals surface area (Å²) in [6.45, 7) is 6.24. The number of piperazine rings is 1. The third kappa shape index (κ3) is 3.79. The number of hydrogen-bond acceptors (Lipinski definition) is 6. The van der Waals surface area contributed by atoms with E-state index in [1.54, 1.807) is 7.11 Å². The van der Waals surface area contributed by atoms with Gasteiger partial charge < -0.3 is 18.8 Å². The molecule has 0 bridgehead atoms. The molecule has 0 saturated carbocycles. The van der Waals surface area contributed by atoms with Gasteiger partial charge in [0.1, 0.15) is 11.5 Å². The summed E-state index contributed by atoms with van der Waals surface area (Å²) in [5, 5.41) is 0. The van der Waals surface area contributed by atoms with Crippen molar-refractivity contribution in [1.29, 1.82) is 0 Å². The molecular weight excluding hydrogens is 320 g/mol. The summed E-state index contributed by atoms with van der Waals surface area (Å²) in [6, 6.07) is 10.0. The van der Waals surface area contributed by atoms with Crippen LogP contribution < -0.4 is 9.64 Å². The average Bonchev–Trinajstić information content (AvgIpc) is 3.02. The number of carbonyl (C=O) groups excluding carboxylic acids is 1. The largest absolute Gasteiger partial charge is 0.495 e. The minimum absolute atomic E-state index is 0.296. The summed E-state index contributed by atoms with van der Waals surface area (Å²) in [4.78, 5) is 16.3. The van der Waals surface area contributed by atoms with Crippen LogP contribution in [0.15, 0.2) is 34.7 Å². The monoisotopic (exact) mass is 344 g/mol. The fourth-order valence-corrected chi connectivity index (χ4v) is 3.18. The molecule has 1 aromatic heterocycles. The fourth-order valence-electron chi connectivity index (χ4n) is 3.18. The van der Waals surface area contributed by atoms with Crippen LogP contribution in [-0.2, 0) is 11.3 Å². The Morgan fingerprint density at radius 2 is 1.88 bits per heavy atom. The van der Waals surface area contributed by atoms with Crippen molar-refractivity contribution in [2.75, 3.05) is 45.3 Å². The smallest absolute Gasteiger partial charge is 0.374 e. The van der Waals surface area contributed by atoms with E-state index in [2.05, 4.69) is 15.9 Å². The van der Waals surface area contributed by atoms with Crippen LogP contribution in [0.5, 0.6) is 5.75 Å². The Morgan fingerprint density at radius 3 is 2.56 bits per heavy atom. The Bertz CT molecular complexity index is 733. The standard InChI is InChI=1S/C19H24N2O4/c1-14-12-15(25-18(14)19(22)24-3)13-20-8-10-21(11-9-20)16-6-4-5-7-17(16)23-2/h4-7,12H,8-11,13H2,1-3H3. The molecule has 2 heterocycles. The first-order valence-corrected chi connectivity index (χ1v) is 8.40. The Hall–Kier alpha value is -2.47. The molecule has 2 aromatic rings. The molecule has 6 nitrogen and oxygen atoms in total. The van der Waals surface area contributed by atoms with E-state index >= 15 is 0 Å². The first kappa shape index (κ1) is 17.4. The van der Waals surface area contributed by atoms with E-state index in [1.807, 2.05) is 31.2 Å². The van der Waals surface area contributed by atoms with Crippen LogP contribution in [0.25, 0.3) is 0 Å². The Kier molecular flexibility index (Phi) is 5.28. The highest BCUT2D eigenvalue weighted by atomic mass is 16.5. The van der Waals surface area contributed by atoms with Gasteiger partial charge in [-0.3, -0.25) is 4.90 Å². The van der Waals surface area contributed by atoms with Gasteiger partial charge in [0.05, 0.1) is 26.5 Å². The third-order valence-electron chi connectivity index (χ3n) is 4.52. The van der Waals surface area contributed by atoms with Crippen LogP contribution in [0.1, 0.15) is 21.9 Å². The van der Waals surface area contributed by atoms with Gasteiger partial charge in [0, 0.05) is 31.7 Å². The first-order chi connectivity index (χ1) is 12.1. The second-order valence-corrected chi connectivity index (χ2v) is 6.15. The van der Waals surface area contributed by atoms with Crippen molar-refractivity contribution < 1.29 is 18.7 Å². The molecular formula is C19H24N2O4. The molecule has 1 aromatic carbocycles. The number of carbonyl (C=O) groups is 1. The van der Waals surface area contributed by atoms with Crippen LogP contribution >= 0.6 is 0 Å². The normalized spacial score (nSPS) is 15.2. The van der Waals surface area contributed by atoms with Crippen LogP contribution in [0.3, 0.4) is 0 Å². The number of furan rings is 1. The van der Waals surface area contributed by atoms with Crippen LogP contribution in [0, 0.1) is 6.92 Å². The van der Waals surface area contributed by atoms with Gasteiger partial charge in [0.25, 0.3) is 0 Å². The van der Waals surface area contributed by atoms with Crippen molar-refractivity contribution in [3.05, 3.63) is 47.4 Å². The zero-order chi connectivity index (χ0) is 17.8. The Balaban J connectivity index is 1.60. The second-order valence-electron chi connectivity index (χ2n) is 6.15. The summed E-state index contributed by atoms with van der Waals surface area (Å²) >= 11 is 0. The zero-order valence-corrected chi connectivity index (χ0v) is 14.9. The maximum absolute atomic E-state index is 11.7. The fraction of sp³-hybridized carbons (Fsp3) is 0.421. The minimum Gasteiger partial charge on any atom is -0.495 e. The Labute approximate surface area is 147 Å². The number of rotatable bonds is 5. The lowest BCUT2D eigenvalue weighted by Crippen LogP contribution is -2.46. The van der Waals surface area contributed by atoms with Crippen molar-refractivity contribution in [3.63, 3.8) is 0 Å². The van der Waals surface area contributed by atoms with E-state index < -0.39 is 5.97 Å². The lowest BCUT2D eigenvalue weighted by molar-refractivity contribution is 0.0560. The lowest BCUT2D eigenvalue weighted by Gasteiger charge is -2.36. The van der Waals surface area contributed by atoms with E-state index in [-0.39, 0.29) is 0 Å². The molecule has 0 amide bonds. The molecule has 1 aliphatic rings. The number of hydrogen-bond donors (Lipinski definition) is 0. The van der Waals surface area contributed by atoms with Gasteiger partial charge >= 0.3 is 5.97 Å². The van der Waals surface area contributed by atoms with Gasteiger partial charge in [-0.25, -0.2) is 4.79 Å². The van der Waals surface area contributed by atoms with Gasteiger partial charge in [-0.05, 0) is 25.1 Å². The minimum atomic E-state index is -0.426. The predicted molar refractivity (Wildman–Crippen MR) is 95.3 cm³/mol. The van der Waals surface area contributed by atoms with Crippen molar-refractivity contribution in [3.8, 4) is 5.75 Å². The zero-order valence-electron chi connectivity index (χ0n) is 14.9. The number of para-hydroxylation sites is 2. The molecule has 134 valence electrons. The second kappa shape index (κ2) is 7.61. The summed E-state index contributed by atoms with van der Waals surface area (Å²) in [5.41, 5.74) is 1.95. The summed E-state index contributed by atoms with van der Waals surface area (Å²) < 4.78 is 15.9. The Morgan fingerprint density at radius 1 is 1.16 bits per heavy atom. The van der Waals surface area contributed by atoms with Gasteiger partial charge in [-0.2, -0.15) is 0 Å². The molecule has 3 rings (SSSR count). The number of ether oxygens (including phenoxy) is 2. The summed E-state index contributed by atoms with van der Waals surface area (Å²) in [7, 11) is 3.06. The van der Waals surface area contributed by atoms with Crippen molar-refractivity contribution >= 4 is 11.7 Å². The predicted octanol–water partition coefficient (Wildman–Crippen LogP) is 2.71. The third-order valence-corrected chi connectivity index (χ3v) is 4.52. The number of esters is 1. The molecule has 1 saturated heterocycles. The molecule has 25 heavy (non-hydrogen) atoms. The summed E-state index contributed by atoms with van der Waals surface area (Å²) in [6.07, 6.45) is 0. The van der Waals surface area contributed by atoms with Gasteiger partial charge in [-0.15, -0.1) is 0 Å². The van der Waals surface area contributed by atoms with Gasteiger partial charge in [0.15, 0.2) is 0 Å². The van der Waals surface area contributed by atoms with Crippen molar-refractivity contribution in [2.45, 2.75) is 13.5 Å². The number of aryl methyl sites for hydroxylation is 1. The molecule has 0 aliphatic carbocycles. The SMILES string of the molecule is COC(=O)c1oc(CN2CCN(c3ccccc3OC)CC2)cc1C. The molecule has 1 fully saturated rings. The molecule has 0 N–H and O–H groups in total. The number of methoxy groups -OCH3 is 2. The van der Waals surface area contributed by atoms with Gasteiger partial charge in [0.2, 0.25) is 5.76 Å². The molecule has 0 unspecified atom stereocenters. The molecule has 0 radical (unpaired) electrons. The van der Waals surface area contributed by atoms with E-state index in [9.17, 15) is 4.79 Å². The van der Waals surface area contributed by atoms with Crippen molar-refractivity contribution in [1.82, 2.24) is 4.90 Å². The van der Waals surface area contributed by atoms with E-state index in [1.165, 1.54) is 7.11 Å². The average molecular weight is 344 g/mol. The highest BCUT2D eigenvalue weighted by Gasteiger charge is 2.22. The molecule has 6 heteroatoms. The van der Waals surface area contributed by atoms with Crippen molar-refractivity contribution in [2.24, 2.45) is 0 Å². The molecule has 0 spiro atoms. The van der Waals surface area contributed by atoms with E-state index in [4.69, 9.17) is 13.9 Å². The molecule has 0 atom stereocenters. The van der Waals surface area contributed by atoms with Crippen LogP contribution in [0.2, 0.25) is 0 Å². The lowest BCUT2D eigenvalue weighted by atomic mass is 10.2. The highest BCUT2D eigenvalue weighted by molar-refractivity contribution is 5.87.